The number of hydrogen-bond donors (Lipinski definition) is 0. The quantitative estimate of drug-likeness (QED) is 0.746. The number of benzene rings is 2. The zero-order valence-corrected chi connectivity index (χ0v) is 12.8. The molecule has 0 aliphatic carbocycles. The monoisotopic (exact) mass is 267 g/mol. The van der Waals surface area contributed by atoms with Crippen LogP contribution in [0.3, 0.4) is 0 Å². The van der Waals surface area contributed by atoms with Crippen LogP contribution in [0.1, 0.15) is 35.4 Å². The van der Waals surface area contributed by atoms with Gasteiger partial charge in [0.05, 0.1) is 0 Å². The fraction of sp³-hybridized carbons (Fsp3) is 0.368. The van der Waals surface area contributed by atoms with E-state index in [-0.39, 0.29) is 0 Å². The molecule has 0 fully saturated rings. The molecule has 0 N–H and O–H groups in total. The normalized spacial score (nSPS) is 12.6. The summed E-state index contributed by atoms with van der Waals surface area (Å²) in [6, 6.07) is 19.9. The van der Waals surface area contributed by atoms with Crippen molar-refractivity contribution in [2.24, 2.45) is 0 Å². The van der Waals surface area contributed by atoms with Gasteiger partial charge in [-0.2, -0.15) is 0 Å². The van der Waals surface area contributed by atoms with Crippen molar-refractivity contribution in [3.05, 3.63) is 71.3 Å². The Hall–Kier alpha value is -1.60. The third kappa shape index (κ3) is 4.21. The van der Waals surface area contributed by atoms with Crippen molar-refractivity contribution in [3.63, 3.8) is 0 Å². The molecule has 0 bridgehead atoms. The van der Waals surface area contributed by atoms with Crippen LogP contribution in [0.25, 0.3) is 0 Å². The average molecular weight is 267 g/mol. The Morgan fingerprint density at radius 3 is 2.05 bits per heavy atom. The maximum atomic E-state index is 2.28. The van der Waals surface area contributed by atoms with Crippen LogP contribution < -0.4 is 0 Å². The average Bonchev–Trinajstić information content (AvgIpc) is 2.46. The smallest absolute Gasteiger partial charge is 0.00898 e. The third-order valence-corrected chi connectivity index (χ3v) is 3.78. The molecular weight excluding hydrogens is 242 g/mol. The molecule has 0 heterocycles. The minimum Gasteiger partial charge on any atom is -0.309 e. The van der Waals surface area contributed by atoms with E-state index in [0.717, 1.165) is 6.54 Å². The standard InChI is InChI=1S/C19H25N/c1-16-11-13-18(14-12-16)19(10-7-15-20(2)3)17-8-5-4-6-9-17/h4-6,8-9,11-14,19H,7,10,15H2,1-3H3. The second-order valence-electron chi connectivity index (χ2n) is 5.82. The summed E-state index contributed by atoms with van der Waals surface area (Å²) in [6.07, 6.45) is 2.42. The topological polar surface area (TPSA) is 3.24 Å². The van der Waals surface area contributed by atoms with Gasteiger partial charge in [-0.05, 0) is 51.5 Å². The van der Waals surface area contributed by atoms with Crippen molar-refractivity contribution in [1.29, 1.82) is 0 Å². The molecule has 106 valence electrons. The van der Waals surface area contributed by atoms with E-state index in [1.807, 2.05) is 0 Å². The Balaban J connectivity index is 2.18. The summed E-state index contributed by atoms with van der Waals surface area (Å²) in [4.78, 5) is 2.26. The Labute approximate surface area is 123 Å². The minimum absolute atomic E-state index is 0.511. The first-order valence-electron chi connectivity index (χ1n) is 7.43. The molecule has 1 heteroatoms. The van der Waals surface area contributed by atoms with E-state index in [9.17, 15) is 0 Å². The molecule has 0 aliphatic heterocycles. The van der Waals surface area contributed by atoms with Crippen LogP contribution in [0.2, 0.25) is 0 Å². The van der Waals surface area contributed by atoms with Crippen molar-refractivity contribution >= 4 is 0 Å². The third-order valence-electron chi connectivity index (χ3n) is 3.78. The maximum absolute atomic E-state index is 2.28. The SMILES string of the molecule is Cc1ccc(C(CCCN(C)C)c2ccccc2)cc1. The highest BCUT2D eigenvalue weighted by atomic mass is 15.0. The van der Waals surface area contributed by atoms with Crippen molar-refractivity contribution in [1.82, 2.24) is 4.90 Å². The van der Waals surface area contributed by atoms with Crippen LogP contribution in [0.4, 0.5) is 0 Å². The van der Waals surface area contributed by atoms with Gasteiger partial charge in [0.25, 0.3) is 0 Å². The molecule has 0 saturated carbocycles. The molecule has 1 nitrogen and oxygen atoms in total. The van der Waals surface area contributed by atoms with Gasteiger partial charge >= 0.3 is 0 Å². The Kier molecular flexibility index (Phi) is 5.37. The lowest BCUT2D eigenvalue weighted by Crippen LogP contribution is -2.14. The van der Waals surface area contributed by atoms with Gasteiger partial charge in [0.15, 0.2) is 0 Å². The van der Waals surface area contributed by atoms with Crippen molar-refractivity contribution < 1.29 is 0 Å². The van der Waals surface area contributed by atoms with Gasteiger partial charge in [-0.15, -0.1) is 0 Å². The molecule has 1 atom stereocenters. The lowest BCUT2D eigenvalue weighted by molar-refractivity contribution is 0.390. The molecule has 1 unspecified atom stereocenters. The lowest BCUT2D eigenvalue weighted by Gasteiger charge is -2.19. The molecule has 0 aliphatic rings. The molecule has 2 aromatic carbocycles. The van der Waals surface area contributed by atoms with Gasteiger partial charge in [-0.1, -0.05) is 60.2 Å². The van der Waals surface area contributed by atoms with E-state index in [0.29, 0.717) is 5.92 Å². The fourth-order valence-corrected chi connectivity index (χ4v) is 2.62. The molecule has 0 radical (unpaired) electrons. The van der Waals surface area contributed by atoms with Crippen molar-refractivity contribution in [2.45, 2.75) is 25.7 Å². The first-order chi connectivity index (χ1) is 9.66. The lowest BCUT2D eigenvalue weighted by atomic mass is 9.87. The molecule has 20 heavy (non-hydrogen) atoms. The number of nitrogens with zero attached hydrogens (tertiary/aromatic N) is 1. The molecule has 0 saturated heterocycles. The number of rotatable bonds is 6. The fourth-order valence-electron chi connectivity index (χ4n) is 2.62. The Morgan fingerprint density at radius 1 is 0.850 bits per heavy atom. The summed E-state index contributed by atoms with van der Waals surface area (Å²) in [5.41, 5.74) is 4.18. The van der Waals surface area contributed by atoms with Crippen LogP contribution in [0.15, 0.2) is 54.6 Å². The van der Waals surface area contributed by atoms with Gasteiger partial charge in [-0.25, -0.2) is 0 Å². The van der Waals surface area contributed by atoms with E-state index in [1.165, 1.54) is 29.5 Å². The van der Waals surface area contributed by atoms with Gasteiger partial charge < -0.3 is 4.90 Å². The summed E-state index contributed by atoms with van der Waals surface area (Å²) in [5, 5.41) is 0. The zero-order valence-electron chi connectivity index (χ0n) is 12.8. The summed E-state index contributed by atoms with van der Waals surface area (Å²) in [6.45, 7) is 3.29. The van der Waals surface area contributed by atoms with Crippen molar-refractivity contribution in [3.8, 4) is 0 Å². The molecule has 0 spiro atoms. The zero-order chi connectivity index (χ0) is 14.4. The van der Waals surface area contributed by atoms with E-state index in [1.54, 1.807) is 0 Å². The first-order valence-corrected chi connectivity index (χ1v) is 7.43. The summed E-state index contributed by atoms with van der Waals surface area (Å²) < 4.78 is 0. The molecular formula is C19H25N. The van der Waals surface area contributed by atoms with Gasteiger partial charge in [0.2, 0.25) is 0 Å². The predicted molar refractivity (Wildman–Crippen MR) is 87.3 cm³/mol. The van der Waals surface area contributed by atoms with Gasteiger partial charge in [0, 0.05) is 5.92 Å². The van der Waals surface area contributed by atoms with E-state index < -0.39 is 0 Å². The van der Waals surface area contributed by atoms with E-state index in [4.69, 9.17) is 0 Å². The highest BCUT2D eigenvalue weighted by Gasteiger charge is 2.13. The maximum Gasteiger partial charge on any atom is 0.00898 e. The Bertz CT molecular complexity index is 499. The minimum atomic E-state index is 0.511. The van der Waals surface area contributed by atoms with Crippen LogP contribution in [0, 0.1) is 6.92 Å². The summed E-state index contributed by atoms with van der Waals surface area (Å²) >= 11 is 0. The van der Waals surface area contributed by atoms with Crippen LogP contribution >= 0.6 is 0 Å². The predicted octanol–water partition coefficient (Wildman–Crippen LogP) is 4.47. The Morgan fingerprint density at radius 2 is 1.45 bits per heavy atom. The van der Waals surface area contributed by atoms with Gasteiger partial charge in [-0.3, -0.25) is 0 Å². The largest absolute Gasteiger partial charge is 0.309 e. The van der Waals surface area contributed by atoms with Gasteiger partial charge in [0.1, 0.15) is 0 Å². The van der Waals surface area contributed by atoms with E-state index in [2.05, 4.69) is 80.5 Å². The summed E-state index contributed by atoms with van der Waals surface area (Å²) in [7, 11) is 4.28. The highest BCUT2D eigenvalue weighted by molar-refractivity contribution is 5.33. The van der Waals surface area contributed by atoms with Crippen LogP contribution in [-0.2, 0) is 0 Å². The second kappa shape index (κ2) is 7.25. The highest BCUT2D eigenvalue weighted by Crippen LogP contribution is 2.29. The molecule has 0 aromatic heterocycles. The second-order valence-corrected chi connectivity index (χ2v) is 5.82. The molecule has 0 amide bonds. The molecule has 2 aromatic rings. The van der Waals surface area contributed by atoms with Crippen LogP contribution in [-0.4, -0.2) is 25.5 Å². The molecule has 2 rings (SSSR count). The van der Waals surface area contributed by atoms with Crippen molar-refractivity contribution in [2.75, 3.05) is 20.6 Å². The van der Waals surface area contributed by atoms with Crippen LogP contribution in [0.5, 0.6) is 0 Å². The number of aryl methyl sites for hydroxylation is 1. The summed E-state index contributed by atoms with van der Waals surface area (Å²) in [5.74, 6) is 0.511. The first kappa shape index (κ1) is 14.8. The van der Waals surface area contributed by atoms with E-state index >= 15 is 0 Å². The number of hydrogen-bond acceptors (Lipinski definition) is 1.